The van der Waals surface area contributed by atoms with Crippen LogP contribution in [0.15, 0.2) is 18.3 Å². The van der Waals surface area contributed by atoms with E-state index in [1.807, 2.05) is 26.0 Å². The highest BCUT2D eigenvalue weighted by Gasteiger charge is 2.12. The fraction of sp³-hybridized carbons (Fsp3) is 0.273. The lowest BCUT2D eigenvalue weighted by Gasteiger charge is -2.02. The normalized spacial score (nSPS) is 10.4. The molecule has 5 heteroatoms. The molecule has 0 atom stereocenters. The second-order valence-electron chi connectivity index (χ2n) is 3.64. The van der Waals surface area contributed by atoms with Gasteiger partial charge >= 0.3 is 0 Å². The summed E-state index contributed by atoms with van der Waals surface area (Å²) in [4.78, 5) is 11.3. The summed E-state index contributed by atoms with van der Waals surface area (Å²) >= 11 is 0. The molecule has 0 saturated heterocycles. The number of nitrogens with zero attached hydrogens (tertiary/aromatic N) is 4. The number of aromatic nitrogens is 4. The quantitative estimate of drug-likeness (QED) is 0.713. The lowest BCUT2D eigenvalue weighted by atomic mass is 10.2. The lowest BCUT2D eigenvalue weighted by Crippen LogP contribution is -2.04. The Morgan fingerprint density at radius 1 is 1.25 bits per heavy atom. The van der Waals surface area contributed by atoms with E-state index in [4.69, 9.17) is 0 Å². The first-order valence-corrected chi connectivity index (χ1v) is 4.96. The molecule has 0 aliphatic carbocycles. The Balaban J connectivity index is 2.49. The number of aryl methyl sites for hydroxylation is 1. The van der Waals surface area contributed by atoms with Crippen LogP contribution in [0.25, 0.3) is 5.82 Å². The van der Waals surface area contributed by atoms with Crippen LogP contribution in [0.3, 0.4) is 0 Å². The number of ketones is 1. The van der Waals surface area contributed by atoms with Crippen molar-refractivity contribution >= 4 is 5.78 Å². The van der Waals surface area contributed by atoms with E-state index in [0.717, 1.165) is 11.4 Å². The average molecular weight is 216 g/mol. The molecule has 0 aliphatic rings. The molecule has 0 radical (unpaired) electrons. The molecular formula is C11H12N4O. The molecule has 0 aromatic carbocycles. The SMILES string of the molecule is CC(=O)c1cnn(-c2ccc(C)nn2)c1C. The summed E-state index contributed by atoms with van der Waals surface area (Å²) in [5.41, 5.74) is 2.24. The number of rotatable bonds is 2. The monoisotopic (exact) mass is 216 g/mol. The van der Waals surface area contributed by atoms with E-state index < -0.39 is 0 Å². The van der Waals surface area contributed by atoms with Crippen molar-refractivity contribution < 1.29 is 4.79 Å². The smallest absolute Gasteiger partial charge is 0.175 e. The van der Waals surface area contributed by atoms with Gasteiger partial charge in [-0.05, 0) is 32.9 Å². The van der Waals surface area contributed by atoms with Crippen LogP contribution in [0.5, 0.6) is 0 Å². The van der Waals surface area contributed by atoms with Gasteiger partial charge in [-0.3, -0.25) is 4.79 Å². The Hall–Kier alpha value is -2.04. The molecule has 2 heterocycles. The second-order valence-corrected chi connectivity index (χ2v) is 3.64. The van der Waals surface area contributed by atoms with Gasteiger partial charge in [0.1, 0.15) is 0 Å². The molecule has 5 nitrogen and oxygen atoms in total. The summed E-state index contributed by atoms with van der Waals surface area (Å²) in [5, 5.41) is 12.1. The highest BCUT2D eigenvalue weighted by molar-refractivity contribution is 5.94. The molecule has 0 spiro atoms. The van der Waals surface area contributed by atoms with Crippen LogP contribution in [-0.2, 0) is 0 Å². The molecule has 16 heavy (non-hydrogen) atoms. The predicted molar refractivity (Wildman–Crippen MR) is 58.6 cm³/mol. The molecule has 82 valence electrons. The molecular weight excluding hydrogens is 204 g/mol. The van der Waals surface area contributed by atoms with Gasteiger partial charge < -0.3 is 0 Å². The molecule has 0 fully saturated rings. The van der Waals surface area contributed by atoms with Crippen molar-refractivity contribution in [2.45, 2.75) is 20.8 Å². The van der Waals surface area contributed by atoms with Crippen LogP contribution in [0, 0.1) is 13.8 Å². The van der Waals surface area contributed by atoms with Gasteiger partial charge in [-0.1, -0.05) is 0 Å². The molecule has 0 unspecified atom stereocenters. The van der Waals surface area contributed by atoms with Gasteiger partial charge in [0.2, 0.25) is 0 Å². The average Bonchev–Trinajstić information content (AvgIpc) is 2.61. The van der Waals surface area contributed by atoms with E-state index in [1.165, 1.54) is 6.92 Å². The first kappa shape index (κ1) is 10.5. The Morgan fingerprint density at radius 3 is 2.50 bits per heavy atom. The van der Waals surface area contributed by atoms with Crippen LogP contribution in [0.1, 0.15) is 28.7 Å². The van der Waals surface area contributed by atoms with Crippen molar-refractivity contribution in [2.75, 3.05) is 0 Å². The summed E-state index contributed by atoms with van der Waals surface area (Å²) in [5.74, 6) is 0.624. The van der Waals surface area contributed by atoms with Crippen LogP contribution < -0.4 is 0 Å². The van der Waals surface area contributed by atoms with Crippen LogP contribution in [0.2, 0.25) is 0 Å². The van der Waals surface area contributed by atoms with E-state index in [9.17, 15) is 4.79 Å². The van der Waals surface area contributed by atoms with Crippen molar-refractivity contribution in [3.8, 4) is 5.82 Å². The van der Waals surface area contributed by atoms with Crippen LogP contribution in [0.4, 0.5) is 0 Å². The first-order valence-electron chi connectivity index (χ1n) is 4.96. The summed E-state index contributed by atoms with van der Waals surface area (Å²) in [7, 11) is 0. The highest BCUT2D eigenvalue weighted by Crippen LogP contribution is 2.12. The second kappa shape index (κ2) is 3.84. The van der Waals surface area contributed by atoms with Crippen LogP contribution in [-0.4, -0.2) is 25.8 Å². The number of carbonyl (C=O) groups excluding carboxylic acids is 1. The third-order valence-corrected chi connectivity index (χ3v) is 2.39. The Labute approximate surface area is 93.1 Å². The molecule has 0 aliphatic heterocycles. The summed E-state index contributed by atoms with van der Waals surface area (Å²) in [6.07, 6.45) is 1.55. The minimum atomic E-state index is 0.00354. The van der Waals surface area contributed by atoms with Crippen molar-refractivity contribution in [3.05, 3.63) is 35.3 Å². The summed E-state index contributed by atoms with van der Waals surface area (Å²) in [6, 6.07) is 3.68. The number of hydrogen-bond donors (Lipinski definition) is 0. The predicted octanol–water partition coefficient (Wildman–Crippen LogP) is 1.48. The van der Waals surface area contributed by atoms with Gasteiger partial charge in [0, 0.05) is 0 Å². The van der Waals surface area contributed by atoms with E-state index in [2.05, 4.69) is 15.3 Å². The maximum absolute atomic E-state index is 11.3. The molecule has 0 amide bonds. The molecule has 2 aromatic heterocycles. The van der Waals surface area contributed by atoms with Gasteiger partial charge in [-0.2, -0.15) is 10.2 Å². The Bertz CT molecular complexity index is 527. The number of carbonyl (C=O) groups is 1. The summed E-state index contributed by atoms with van der Waals surface area (Å²) in [6.45, 7) is 5.23. The standard InChI is InChI=1S/C11H12N4O/c1-7-4-5-11(14-13-7)15-8(2)10(6-12-15)9(3)16/h4-6H,1-3H3. The van der Waals surface area contributed by atoms with E-state index in [0.29, 0.717) is 11.4 Å². The Kier molecular flexibility index (Phi) is 2.52. The highest BCUT2D eigenvalue weighted by atomic mass is 16.1. The fourth-order valence-electron chi connectivity index (χ4n) is 1.49. The molecule has 0 bridgehead atoms. The maximum atomic E-state index is 11.3. The van der Waals surface area contributed by atoms with Gasteiger partial charge in [0.25, 0.3) is 0 Å². The topological polar surface area (TPSA) is 60.7 Å². The van der Waals surface area contributed by atoms with E-state index >= 15 is 0 Å². The minimum absolute atomic E-state index is 0.00354. The van der Waals surface area contributed by atoms with Gasteiger partial charge in [0.05, 0.1) is 23.1 Å². The maximum Gasteiger partial charge on any atom is 0.175 e. The zero-order valence-corrected chi connectivity index (χ0v) is 9.43. The van der Waals surface area contributed by atoms with E-state index in [-0.39, 0.29) is 5.78 Å². The first-order chi connectivity index (χ1) is 7.59. The largest absolute Gasteiger partial charge is 0.294 e. The summed E-state index contributed by atoms with van der Waals surface area (Å²) < 4.78 is 1.61. The number of Topliss-reactive ketones (excluding diaryl/α,β-unsaturated/α-hetero) is 1. The lowest BCUT2D eigenvalue weighted by molar-refractivity contribution is 0.101. The van der Waals surface area contributed by atoms with Gasteiger partial charge in [-0.15, -0.1) is 5.10 Å². The van der Waals surface area contributed by atoms with Crippen LogP contribution >= 0.6 is 0 Å². The van der Waals surface area contributed by atoms with E-state index in [1.54, 1.807) is 10.9 Å². The number of hydrogen-bond acceptors (Lipinski definition) is 4. The third kappa shape index (κ3) is 1.71. The molecule has 2 rings (SSSR count). The van der Waals surface area contributed by atoms with Crippen molar-refractivity contribution in [3.63, 3.8) is 0 Å². The molecule has 0 saturated carbocycles. The molecule has 0 N–H and O–H groups in total. The molecule has 2 aromatic rings. The van der Waals surface area contributed by atoms with Gasteiger partial charge in [-0.25, -0.2) is 4.68 Å². The minimum Gasteiger partial charge on any atom is -0.294 e. The van der Waals surface area contributed by atoms with Crippen molar-refractivity contribution in [1.82, 2.24) is 20.0 Å². The van der Waals surface area contributed by atoms with Crippen molar-refractivity contribution in [1.29, 1.82) is 0 Å². The zero-order chi connectivity index (χ0) is 11.7. The third-order valence-electron chi connectivity index (χ3n) is 2.39. The van der Waals surface area contributed by atoms with Crippen molar-refractivity contribution in [2.24, 2.45) is 0 Å². The fourth-order valence-corrected chi connectivity index (χ4v) is 1.49. The van der Waals surface area contributed by atoms with Gasteiger partial charge in [0.15, 0.2) is 11.6 Å². The zero-order valence-electron chi connectivity index (χ0n) is 9.43. The Morgan fingerprint density at radius 2 is 2.00 bits per heavy atom.